The van der Waals surface area contributed by atoms with Crippen molar-refractivity contribution in [1.82, 2.24) is 9.97 Å². The number of carboxylic acid groups (broad SMARTS) is 1. The molecule has 1 heterocycles. The van der Waals surface area contributed by atoms with Crippen molar-refractivity contribution in [3.63, 3.8) is 0 Å². The van der Waals surface area contributed by atoms with Crippen molar-refractivity contribution in [3.05, 3.63) is 18.2 Å². The predicted molar refractivity (Wildman–Crippen MR) is 70.3 cm³/mol. The van der Waals surface area contributed by atoms with Crippen molar-refractivity contribution in [3.8, 4) is 0 Å². The molecular weight excluding hydrogens is 249 g/mol. The average molecular weight is 269 g/mol. The Morgan fingerprint density at radius 2 is 2.00 bits per heavy atom. The minimum absolute atomic E-state index is 0.190. The highest BCUT2D eigenvalue weighted by atomic mass is 19.1. The Balaban J connectivity index is 2.35. The summed E-state index contributed by atoms with van der Waals surface area (Å²) in [6.07, 6.45) is 3.92. The summed E-state index contributed by atoms with van der Waals surface area (Å²) < 4.78 is 12.6. The monoisotopic (exact) mass is 269 g/mol. The largest absolute Gasteiger partial charge is 0.481 e. The maximum Gasteiger partial charge on any atom is 0.303 e. The molecule has 0 fully saturated rings. The molecule has 0 spiro atoms. The summed E-state index contributed by atoms with van der Waals surface area (Å²) in [6.45, 7) is 4.82. The van der Waals surface area contributed by atoms with Crippen LogP contribution in [0.3, 0.4) is 0 Å². The number of hydrogen-bond acceptors (Lipinski definition) is 4. The van der Waals surface area contributed by atoms with Crippen LogP contribution in [0.2, 0.25) is 0 Å². The lowest BCUT2D eigenvalue weighted by Gasteiger charge is -2.20. The number of carbonyl (C=O) groups is 1. The Bertz CT molecular complexity index is 395. The number of anilines is 1. The first-order chi connectivity index (χ1) is 8.99. The molecule has 0 aliphatic carbocycles. The van der Waals surface area contributed by atoms with Crippen molar-refractivity contribution in [1.29, 1.82) is 0 Å². The maximum absolute atomic E-state index is 12.6. The molecule has 1 rings (SSSR count). The van der Waals surface area contributed by atoms with E-state index in [9.17, 15) is 9.18 Å². The van der Waals surface area contributed by atoms with Crippen LogP contribution in [0, 0.1) is 17.7 Å². The maximum atomic E-state index is 12.6. The molecule has 0 saturated carbocycles. The summed E-state index contributed by atoms with van der Waals surface area (Å²) in [5.41, 5.74) is 0. The van der Waals surface area contributed by atoms with E-state index in [4.69, 9.17) is 5.11 Å². The molecule has 5 nitrogen and oxygen atoms in total. The van der Waals surface area contributed by atoms with E-state index in [0.717, 1.165) is 18.8 Å². The number of rotatable bonds is 8. The second-order valence-electron chi connectivity index (χ2n) is 4.88. The van der Waals surface area contributed by atoms with E-state index in [2.05, 4.69) is 29.1 Å². The van der Waals surface area contributed by atoms with Gasteiger partial charge in [0.25, 0.3) is 0 Å². The molecule has 1 unspecified atom stereocenters. The summed E-state index contributed by atoms with van der Waals surface area (Å²) in [5.74, 6) is -0.0750. The highest BCUT2D eigenvalue weighted by molar-refractivity contribution is 5.66. The minimum atomic E-state index is -0.763. The van der Waals surface area contributed by atoms with Crippen molar-refractivity contribution in [2.45, 2.75) is 33.1 Å². The van der Waals surface area contributed by atoms with Gasteiger partial charge in [-0.25, -0.2) is 14.4 Å². The SMILES string of the molecule is CC(C)C(CCNc1ncc(F)cn1)CCC(=O)O. The topological polar surface area (TPSA) is 75.1 Å². The van der Waals surface area contributed by atoms with E-state index in [0.29, 0.717) is 30.7 Å². The number of aromatic nitrogens is 2. The van der Waals surface area contributed by atoms with Gasteiger partial charge in [0.1, 0.15) is 0 Å². The van der Waals surface area contributed by atoms with Crippen LogP contribution in [-0.2, 0) is 4.79 Å². The zero-order valence-electron chi connectivity index (χ0n) is 11.3. The highest BCUT2D eigenvalue weighted by Gasteiger charge is 2.14. The van der Waals surface area contributed by atoms with Crippen LogP contribution in [0.25, 0.3) is 0 Å². The number of aliphatic carboxylic acids is 1. The van der Waals surface area contributed by atoms with Crippen molar-refractivity contribution in [2.75, 3.05) is 11.9 Å². The molecule has 106 valence electrons. The fraction of sp³-hybridized carbons (Fsp3) is 0.615. The molecule has 0 radical (unpaired) electrons. The quantitative estimate of drug-likeness (QED) is 0.758. The molecule has 0 saturated heterocycles. The van der Waals surface area contributed by atoms with Crippen LogP contribution in [0.1, 0.15) is 33.1 Å². The van der Waals surface area contributed by atoms with E-state index in [-0.39, 0.29) is 6.42 Å². The smallest absolute Gasteiger partial charge is 0.303 e. The van der Waals surface area contributed by atoms with Crippen LogP contribution in [0.15, 0.2) is 12.4 Å². The van der Waals surface area contributed by atoms with Gasteiger partial charge < -0.3 is 10.4 Å². The Labute approximate surface area is 112 Å². The third kappa shape index (κ3) is 6.13. The van der Waals surface area contributed by atoms with Gasteiger partial charge in [0.15, 0.2) is 5.82 Å². The first kappa shape index (κ1) is 15.3. The van der Waals surface area contributed by atoms with Gasteiger partial charge in [-0.15, -0.1) is 0 Å². The first-order valence-corrected chi connectivity index (χ1v) is 6.42. The summed E-state index contributed by atoms with van der Waals surface area (Å²) in [4.78, 5) is 18.2. The Morgan fingerprint density at radius 3 is 2.53 bits per heavy atom. The van der Waals surface area contributed by atoms with E-state index in [1.165, 1.54) is 0 Å². The number of nitrogens with one attached hydrogen (secondary N) is 1. The van der Waals surface area contributed by atoms with E-state index in [1.54, 1.807) is 0 Å². The molecule has 1 aromatic rings. The zero-order chi connectivity index (χ0) is 14.3. The van der Waals surface area contributed by atoms with Gasteiger partial charge in [0, 0.05) is 13.0 Å². The van der Waals surface area contributed by atoms with E-state index in [1.807, 2.05) is 0 Å². The molecule has 1 atom stereocenters. The van der Waals surface area contributed by atoms with Gasteiger partial charge in [-0.05, 0) is 24.7 Å². The fourth-order valence-corrected chi connectivity index (χ4v) is 1.89. The van der Waals surface area contributed by atoms with Gasteiger partial charge >= 0.3 is 5.97 Å². The number of carboxylic acids is 1. The Hall–Kier alpha value is -1.72. The molecule has 0 amide bonds. The van der Waals surface area contributed by atoms with Gasteiger partial charge in [-0.1, -0.05) is 13.8 Å². The fourth-order valence-electron chi connectivity index (χ4n) is 1.89. The van der Waals surface area contributed by atoms with Crippen LogP contribution in [-0.4, -0.2) is 27.6 Å². The van der Waals surface area contributed by atoms with Crippen LogP contribution in [0.4, 0.5) is 10.3 Å². The van der Waals surface area contributed by atoms with Crippen molar-refractivity contribution >= 4 is 11.9 Å². The lowest BCUT2D eigenvalue weighted by molar-refractivity contribution is -0.137. The summed E-state index contributed by atoms with van der Waals surface area (Å²) in [5, 5.41) is 11.7. The van der Waals surface area contributed by atoms with Crippen molar-refractivity contribution < 1.29 is 14.3 Å². The van der Waals surface area contributed by atoms with Crippen LogP contribution < -0.4 is 5.32 Å². The molecular formula is C13H20FN3O2. The number of halogens is 1. The van der Waals surface area contributed by atoms with Crippen LogP contribution in [0.5, 0.6) is 0 Å². The van der Waals surface area contributed by atoms with Gasteiger partial charge in [0.2, 0.25) is 5.95 Å². The molecule has 0 aromatic carbocycles. The molecule has 0 aliphatic rings. The highest BCUT2D eigenvalue weighted by Crippen LogP contribution is 2.20. The van der Waals surface area contributed by atoms with E-state index >= 15 is 0 Å². The molecule has 1 aromatic heterocycles. The Morgan fingerprint density at radius 1 is 1.37 bits per heavy atom. The summed E-state index contributed by atoms with van der Waals surface area (Å²) >= 11 is 0. The van der Waals surface area contributed by atoms with Gasteiger partial charge in [-0.3, -0.25) is 4.79 Å². The summed E-state index contributed by atoms with van der Waals surface area (Å²) in [7, 11) is 0. The predicted octanol–water partition coefficient (Wildman–Crippen LogP) is 2.55. The molecule has 19 heavy (non-hydrogen) atoms. The van der Waals surface area contributed by atoms with Crippen molar-refractivity contribution in [2.24, 2.45) is 11.8 Å². The lowest BCUT2D eigenvalue weighted by atomic mass is 9.88. The molecule has 0 bridgehead atoms. The van der Waals surface area contributed by atoms with Gasteiger partial charge in [0.05, 0.1) is 12.4 Å². The minimum Gasteiger partial charge on any atom is -0.481 e. The molecule has 0 aliphatic heterocycles. The first-order valence-electron chi connectivity index (χ1n) is 6.42. The molecule has 6 heteroatoms. The third-order valence-electron chi connectivity index (χ3n) is 3.09. The summed E-state index contributed by atoms with van der Waals surface area (Å²) in [6, 6.07) is 0. The number of hydrogen-bond donors (Lipinski definition) is 2. The second-order valence-corrected chi connectivity index (χ2v) is 4.88. The van der Waals surface area contributed by atoms with Gasteiger partial charge in [-0.2, -0.15) is 0 Å². The lowest BCUT2D eigenvalue weighted by Crippen LogP contribution is -2.16. The third-order valence-corrected chi connectivity index (χ3v) is 3.09. The standard InChI is InChI=1S/C13H20FN3O2/c1-9(2)10(3-4-12(18)19)5-6-15-13-16-7-11(14)8-17-13/h7-10H,3-6H2,1-2H3,(H,18,19)(H,15,16,17). The second kappa shape index (κ2) is 7.66. The van der Waals surface area contributed by atoms with Crippen LogP contribution >= 0.6 is 0 Å². The zero-order valence-corrected chi connectivity index (χ0v) is 11.3. The molecule has 2 N–H and O–H groups in total. The normalized spacial score (nSPS) is 12.4. The number of nitrogens with zero attached hydrogens (tertiary/aromatic N) is 2. The Kier molecular flexibility index (Phi) is 6.18. The van der Waals surface area contributed by atoms with E-state index < -0.39 is 11.8 Å². The average Bonchev–Trinajstić information content (AvgIpc) is 2.35.